The maximum atomic E-state index is 4.58. The normalized spacial score (nSPS) is 18.0. The molecule has 3 rings (SSSR count). The average Bonchev–Trinajstić information content (AvgIpc) is 2.93. The predicted octanol–water partition coefficient (Wildman–Crippen LogP) is 3.99. The number of aryl methyl sites for hydroxylation is 1. The van der Waals surface area contributed by atoms with Gasteiger partial charge >= 0.3 is 0 Å². The number of nitrogens with zero attached hydrogens (tertiary/aromatic N) is 1. The number of benzene rings is 1. The Kier molecular flexibility index (Phi) is 3.52. The minimum Gasteiger partial charge on any atom is -0.313 e. The average molecular weight is 254 g/mol. The molecule has 0 amide bonds. The van der Waals surface area contributed by atoms with E-state index >= 15 is 0 Å². The van der Waals surface area contributed by atoms with Gasteiger partial charge in [0.25, 0.3) is 0 Å². The van der Waals surface area contributed by atoms with Crippen LogP contribution in [0.25, 0.3) is 10.9 Å². The summed E-state index contributed by atoms with van der Waals surface area (Å²) in [7, 11) is 2.08. The van der Waals surface area contributed by atoms with Crippen LogP contribution in [0.1, 0.15) is 43.0 Å². The van der Waals surface area contributed by atoms with Crippen LogP contribution in [-0.2, 0) is 0 Å². The minimum absolute atomic E-state index is 0.494. The Morgan fingerprint density at radius 2 is 1.95 bits per heavy atom. The van der Waals surface area contributed by atoms with Gasteiger partial charge in [-0.15, -0.1) is 0 Å². The summed E-state index contributed by atoms with van der Waals surface area (Å²) in [6.07, 6.45) is 5.49. The molecule has 1 fully saturated rings. The van der Waals surface area contributed by atoms with Crippen LogP contribution in [0.3, 0.4) is 0 Å². The first-order chi connectivity index (χ1) is 9.28. The quantitative estimate of drug-likeness (QED) is 0.895. The molecule has 1 heterocycles. The molecule has 19 heavy (non-hydrogen) atoms. The van der Waals surface area contributed by atoms with Crippen LogP contribution in [0.2, 0.25) is 0 Å². The van der Waals surface area contributed by atoms with E-state index in [1.807, 2.05) is 6.92 Å². The van der Waals surface area contributed by atoms with Gasteiger partial charge in [0.2, 0.25) is 0 Å². The van der Waals surface area contributed by atoms with Crippen molar-refractivity contribution in [3.05, 3.63) is 41.6 Å². The number of pyridine rings is 1. The predicted molar refractivity (Wildman–Crippen MR) is 80.2 cm³/mol. The molecule has 1 aromatic carbocycles. The first-order valence-electron chi connectivity index (χ1n) is 7.32. The maximum absolute atomic E-state index is 4.58. The Labute approximate surface area is 115 Å². The summed E-state index contributed by atoms with van der Waals surface area (Å²) in [5.41, 5.74) is 3.60. The molecule has 100 valence electrons. The van der Waals surface area contributed by atoms with Gasteiger partial charge in [-0.2, -0.15) is 0 Å². The zero-order valence-corrected chi connectivity index (χ0v) is 11.8. The van der Waals surface area contributed by atoms with Crippen molar-refractivity contribution in [3.63, 3.8) is 0 Å². The van der Waals surface area contributed by atoms with Crippen molar-refractivity contribution >= 4 is 10.9 Å². The number of aromatic nitrogens is 1. The van der Waals surface area contributed by atoms with E-state index in [9.17, 15) is 0 Å². The van der Waals surface area contributed by atoms with Crippen molar-refractivity contribution in [3.8, 4) is 0 Å². The van der Waals surface area contributed by atoms with Crippen LogP contribution < -0.4 is 5.32 Å². The number of nitrogens with one attached hydrogen (secondary N) is 1. The molecule has 2 aromatic rings. The molecule has 1 atom stereocenters. The molecule has 0 spiro atoms. The molecular weight excluding hydrogens is 232 g/mol. The molecule has 1 saturated carbocycles. The number of hydrogen-bond donors (Lipinski definition) is 1. The van der Waals surface area contributed by atoms with Gasteiger partial charge in [-0.25, -0.2) is 0 Å². The summed E-state index contributed by atoms with van der Waals surface area (Å²) in [6, 6.07) is 11.5. The SMILES string of the molecule is CNC(c1ccc2nc(C)ccc2c1)C1CCCC1. The van der Waals surface area contributed by atoms with E-state index in [2.05, 4.69) is 47.7 Å². The van der Waals surface area contributed by atoms with Crippen LogP contribution in [0.5, 0.6) is 0 Å². The third kappa shape index (κ3) is 2.50. The summed E-state index contributed by atoms with van der Waals surface area (Å²) in [4.78, 5) is 4.58. The Morgan fingerprint density at radius 3 is 2.68 bits per heavy atom. The largest absolute Gasteiger partial charge is 0.313 e. The van der Waals surface area contributed by atoms with Crippen LogP contribution in [-0.4, -0.2) is 12.0 Å². The van der Waals surface area contributed by atoms with E-state index in [0.717, 1.165) is 17.1 Å². The second-order valence-corrected chi connectivity index (χ2v) is 5.72. The molecule has 0 saturated heterocycles. The standard InChI is InChI=1S/C17H22N2/c1-12-7-8-14-11-15(9-10-16(14)19-12)17(18-2)13-5-3-4-6-13/h7-11,13,17-18H,3-6H2,1-2H3. The maximum Gasteiger partial charge on any atom is 0.0705 e. The summed E-state index contributed by atoms with van der Waals surface area (Å²) < 4.78 is 0. The molecule has 1 aliphatic rings. The first kappa shape index (κ1) is 12.6. The lowest BCUT2D eigenvalue weighted by atomic mass is 9.91. The lowest BCUT2D eigenvalue weighted by Crippen LogP contribution is -2.23. The van der Waals surface area contributed by atoms with Crippen molar-refractivity contribution in [2.75, 3.05) is 7.05 Å². The second-order valence-electron chi connectivity index (χ2n) is 5.72. The van der Waals surface area contributed by atoms with Crippen molar-refractivity contribution in [2.24, 2.45) is 5.92 Å². The van der Waals surface area contributed by atoms with Crippen LogP contribution in [0, 0.1) is 12.8 Å². The number of rotatable bonds is 3. The van der Waals surface area contributed by atoms with E-state index in [1.165, 1.54) is 36.6 Å². The van der Waals surface area contributed by atoms with Gasteiger partial charge in [0.05, 0.1) is 5.52 Å². The highest BCUT2D eigenvalue weighted by Gasteiger charge is 2.25. The van der Waals surface area contributed by atoms with Gasteiger partial charge in [-0.1, -0.05) is 25.0 Å². The highest BCUT2D eigenvalue weighted by Crippen LogP contribution is 2.36. The topological polar surface area (TPSA) is 24.9 Å². The monoisotopic (exact) mass is 254 g/mol. The van der Waals surface area contributed by atoms with Crippen LogP contribution >= 0.6 is 0 Å². The molecule has 0 aliphatic heterocycles. The Hall–Kier alpha value is -1.41. The van der Waals surface area contributed by atoms with Crippen LogP contribution in [0.15, 0.2) is 30.3 Å². The summed E-state index contributed by atoms with van der Waals surface area (Å²) in [5.74, 6) is 0.792. The Bertz CT molecular complexity index is 570. The van der Waals surface area contributed by atoms with Gasteiger partial charge in [0.15, 0.2) is 0 Å². The Balaban J connectivity index is 1.96. The zero-order chi connectivity index (χ0) is 13.2. The summed E-state index contributed by atoms with van der Waals surface area (Å²) in [5, 5.41) is 4.77. The van der Waals surface area contributed by atoms with E-state index in [4.69, 9.17) is 0 Å². The van der Waals surface area contributed by atoms with Crippen molar-refractivity contribution in [1.82, 2.24) is 10.3 Å². The number of hydrogen-bond acceptors (Lipinski definition) is 2. The molecule has 2 nitrogen and oxygen atoms in total. The van der Waals surface area contributed by atoms with Crippen LogP contribution in [0.4, 0.5) is 0 Å². The van der Waals surface area contributed by atoms with Gasteiger partial charge in [-0.3, -0.25) is 4.98 Å². The number of fused-ring (bicyclic) bond motifs is 1. The molecule has 1 aromatic heterocycles. The molecule has 1 N–H and O–H groups in total. The van der Waals surface area contributed by atoms with E-state index < -0.39 is 0 Å². The van der Waals surface area contributed by atoms with Gasteiger partial charge < -0.3 is 5.32 Å². The molecule has 2 heteroatoms. The fourth-order valence-electron chi connectivity index (χ4n) is 3.40. The lowest BCUT2D eigenvalue weighted by Gasteiger charge is -2.23. The highest BCUT2D eigenvalue weighted by atomic mass is 14.9. The fraction of sp³-hybridized carbons (Fsp3) is 0.471. The molecule has 1 unspecified atom stereocenters. The molecule has 0 radical (unpaired) electrons. The van der Waals surface area contributed by atoms with Crippen molar-refractivity contribution in [2.45, 2.75) is 38.6 Å². The second kappa shape index (κ2) is 5.30. The third-order valence-electron chi connectivity index (χ3n) is 4.39. The fourth-order valence-corrected chi connectivity index (χ4v) is 3.40. The molecule has 0 bridgehead atoms. The van der Waals surface area contributed by atoms with Gasteiger partial charge in [0, 0.05) is 17.1 Å². The smallest absolute Gasteiger partial charge is 0.0705 e. The zero-order valence-electron chi connectivity index (χ0n) is 11.8. The van der Waals surface area contributed by atoms with Gasteiger partial charge in [-0.05, 0) is 56.5 Å². The molecule has 1 aliphatic carbocycles. The lowest BCUT2D eigenvalue weighted by molar-refractivity contribution is 0.390. The summed E-state index contributed by atoms with van der Waals surface area (Å²) in [6.45, 7) is 2.04. The van der Waals surface area contributed by atoms with E-state index in [1.54, 1.807) is 0 Å². The summed E-state index contributed by atoms with van der Waals surface area (Å²) >= 11 is 0. The van der Waals surface area contributed by atoms with Crippen molar-refractivity contribution < 1.29 is 0 Å². The van der Waals surface area contributed by atoms with E-state index in [-0.39, 0.29) is 0 Å². The van der Waals surface area contributed by atoms with Gasteiger partial charge in [0.1, 0.15) is 0 Å². The third-order valence-corrected chi connectivity index (χ3v) is 4.39. The first-order valence-corrected chi connectivity index (χ1v) is 7.32. The highest BCUT2D eigenvalue weighted by molar-refractivity contribution is 5.79. The minimum atomic E-state index is 0.494. The molecular formula is C17H22N2. The van der Waals surface area contributed by atoms with Crippen molar-refractivity contribution in [1.29, 1.82) is 0 Å². The van der Waals surface area contributed by atoms with E-state index in [0.29, 0.717) is 6.04 Å². The Morgan fingerprint density at radius 1 is 1.16 bits per heavy atom.